The van der Waals surface area contributed by atoms with E-state index in [0.717, 1.165) is 45.6 Å². The molecule has 0 aliphatic carbocycles. The van der Waals surface area contributed by atoms with E-state index in [1.54, 1.807) is 13.8 Å². The summed E-state index contributed by atoms with van der Waals surface area (Å²) in [4.78, 5) is 26.1. The lowest BCUT2D eigenvalue weighted by Gasteiger charge is -2.27. The van der Waals surface area contributed by atoms with Crippen LogP contribution in [0.5, 0.6) is 0 Å². The molecule has 0 spiro atoms. The van der Waals surface area contributed by atoms with Crippen molar-refractivity contribution < 1.29 is 22.2 Å². The SMILES string of the molecule is CCCCCCCCCCCCCC(=O)CC(CC(C)(C)S(=O)(=O)OC)C(=O)CCCCCCCCCCCCC. The molecule has 0 fully saturated rings. The maximum Gasteiger partial charge on any atom is 0.272 e. The molecule has 244 valence electrons. The van der Waals surface area contributed by atoms with Gasteiger partial charge in [0, 0.05) is 25.2 Å². The zero-order chi connectivity index (χ0) is 30.8. The molecule has 5 nitrogen and oxygen atoms in total. The van der Waals surface area contributed by atoms with E-state index in [1.165, 1.54) is 103 Å². The third-order valence-corrected chi connectivity index (χ3v) is 10.6. The fourth-order valence-corrected chi connectivity index (χ4v) is 6.61. The molecule has 0 aromatic carbocycles. The molecule has 0 amide bonds. The Bertz CT molecular complexity index is 744. The fraction of sp³-hybridized carbons (Fsp3) is 0.943. The molecule has 0 N–H and O–H groups in total. The van der Waals surface area contributed by atoms with Gasteiger partial charge in [-0.2, -0.15) is 8.42 Å². The van der Waals surface area contributed by atoms with Crippen molar-refractivity contribution >= 4 is 21.7 Å². The van der Waals surface area contributed by atoms with Crippen molar-refractivity contribution in [2.24, 2.45) is 5.92 Å². The minimum absolute atomic E-state index is 0.0348. The first-order valence-corrected chi connectivity index (χ1v) is 18.9. The van der Waals surface area contributed by atoms with Gasteiger partial charge in [0.15, 0.2) is 0 Å². The van der Waals surface area contributed by atoms with Crippen LogP contribution >= 0.6 is 0 Å². The van der Waals surface area contributed by atoms with Crippen LogP contribution in [0, 0.1) is 5.92 Å². The van der Waals surface area contributed by atoms with Crippen LogP contribution in [0.4, 0.5) is 0 Å². The standard InChI is InChI=1S/C35H68O5S/c1-6-8-10-12-14-16-18-20-22-24-26-28-33(36)30-32(31-35(3,4)41(38,39)40-5)34(37)29-27-25-23-21-19-17-15-13-11-9-7-2/h32H,6-31H2,1-5H3. The Hall–Kier alpha value is -0.750. The summed E-state index contributed by atoms with van der Waals surface area (Å²) < 4.78 is 28.5. The number of hydrogen-bond acceptors (Lipinski definition) is 5. The van der Waals surface area contributed by atoms with Gasteiger partial charge in [-0.1, -0.05) is 142 Å². The molecule has 6 heteroatoms. The average Bonchev–Trinajstić information content (AvgIpc) is 2.93. The number of carbonyl (C=O) groups is 2. The van der Waals surface area contributed by atoms with E-state index < -0.39 is 20.8 Å². The molecule has 41 heavy (non-hydrogen) atoms. The minimum atomic E-state index is -3.81. The molecule has 0 bridgehead atoms. The highest BCUT2D eigenvalue weighted by Crippen LogP contribution is 2.30. The predicted octanol–water partition coefficient (Wildman–Crippen LogP) is 10.7. The van der Waals surface area contributed by atoms with E-state index in [-0.39, 0.29) is 24.4 Å². The van der Waals surface area contributed by atoms with Crippen molar-refractivity contribution in [1.82, 2.24) is 0 Å². The molecular formula is C35H68O5S. The highest BCUT2D eigenvalue weighted by Gasteiger charge is 2.39. The molecule has 0 radical (unpaired) electrons. The predicted molar refractivity (Wildman–Crippen MR) is 175 cm³/mol. The van der Waals surface area contributed by atoms with Crippen LogP contribution in [0.25, 0.3) is 0 Å². The third kappa shape index (κ3) is 21.6. The van der Waals surface area contributed by atoms with Gasteiger partial charge in [0.25, 0.3) is 10.1 Å². The van der Waals surface area contributed by atoms with Gasteiger partial charge in [-0.15, -0.1) is 0 Å². The second kappa shape index (κ2) is 25.7. The first-order valence-electron chi connectivity index (χ1n) is 17.5. The highest BCUT2D eigenvalue weighted by atomic mass is 32.2. The molecule has 0 saturated carbocycles. The molecule has 0 aromatic rings. The van der Waals surface area contributed by atoms with Gasteiger partial charge in [-0.05, 0) is 33.1 Å². The summed E-state index contributed by atoms with van der Waals surface area (Å²) in [7, 11) is -2.65. The summed E-state index contributed by atoms with van der Waals surface area (Å²) in [5.41, 5.74) is 0. The first-order chi connectivity index (χ1) is 19.6. The van der Waals surface area contributed by atoms with E-state index in [1.807, 2.05) is 0 Å². The van der Waals surface area contributed by atoms with Crippen molar-refractivity contribution in [3.05, 3.63) is 0 Å². The minimum Gasteiger partial charge on any atom is -0.300 e. The summed E-state index contributed by atoms with van der Waals surface area (Å²) in [5.74, 6) is -0.435. The summed E-state index contributed by atoms with van der Waals surface area (Å²) >= 11 is 0. The number of unbranched alkanes of at least 4 members (excludes halogenated alkanes) is 20. The third-order valence-electron chi connectivity index (χ3n) is 8.65. The number of carbonyl (C=O) groups excluding carboxylic acids is 2. The number of ketones is 2. The van der Waals surface area contributed by atoms with Crippen molar-refractivity contribution in [1.29, 1.82) is 0 Å². The summed E-state index contributed by atoms with van der Waals surface area (Å²) in [6.45, 7) is 7.69. The Labute approximate surface area is 255 Å². The average molecular weight is 601 g/mol. The monoisotopic (exact) mass is 600 g/mol. The molecule has 0 saturated heterocycles. The largest absolute Gasteiger partial charge is 0.300 e. The van der Waals surface area contributed by atoms with Crippen LogP contribution in [0.15, 0.2) is 0 Å². The van der Waals surface area contributed by atoms with Crippen molar-refractivity contribution in [2.75, 3.05) is 7.11 Å². The van der Waals surface area contributed by atoms with E-state index in [4.69, 9.17) is 4.18 Å². The Kier molecular flexibility index (Phi) is 25.3. The lowest BCUT2D eigenvalue weighted by molar-refractivity contribution is -0.128. The van der Waals surface area contributed by atoms with Crippen LogP contribution in [-0.2, 0) is 23.9 Å². The van der Waals surface area contributed by atoms with Gasteiger partial charge in [-0.3, -0.25) is 13.8 Å². The Morgan fingerprint density at radius 2 is 0.927 bits per heavy atom. The Morgan fingerprint density at radius 3 is 1.29 bits per heavy atom. The van der Waals surface area contributed by atoms with Crippen LogP contribution in [0.1, 0.15) is 195 Å². The van der Waals surface area contributed by atoms with Gasteiger partial charge in [-0.25, -0.2) is 0 Å². The van der Waals surface area contributed by atoms with Gasteiger partial charge in [0.1, 0.15) is 11.6 Å². The summed E-state index contributed by atoms with van der Waals surface area (Å²) in [5, 5.41) is 0. The molecule has 0 rings (SSSR count). The second-order valence-corrected chi connectivity index (χ2v) is 15.4. The maximum absolute atomic E-state index is 13.2. The number of Topliss-reactive ketones (excluding diaryl/α,β-unsaturated/α-hetero) is 2. The molecule has 0 aromatic heterocycles. The normalized spacial score (nSPS) is 13.0. The topological polar surface area (TPSA) is 77.5 Å². The molecule has 0 heterocycles. The van der Waals surface area contributed by atoms with Crippen molar-refractivity contribution in [2.45, 2.75) is 199 Å². The van der Waals surface area contributed by atoms with Gasteiger partial charge in [0.2, 0.25) is 0 Å². The van der Waals surface area contributed by atoms with Gasteiger partial charge in [0.05, 0.1) is 11.9 Å². The van der Waals surface area contributed by atoms with Crippen molar-refractivity contribution in [3.8, 4) is 0 Å². The number of rotatable bonds is 31. The van der Waals surface area contributed by atoms with E-state index in [0.29, 0.717) is 12.8 Å². The van der Waals surface area contributed by atoms with Crippen LogP contribution < -0.4 is 0 Å². The van der Waals surface area contributed by atoms with Crippen LogP contribution in [-0.4, -0.2) is 31.8 Å². The smallest absolute Gasteiger partial charge is 0.272 e. The Morgan fingerprint density at radius 1 is 0.585 bits per heavy atom. The summed E-state index contributed by atoms with van der Waals surface area (Å²) in [6, 6.07) is 0. The Balaban J connectivity index is 4.47. The van der Waals surface area contributed by atoms with Gasteiger partial charge < -0.3 is 0 Å². The number of hydrogen-bond donors (Lipinski definition) is 0. The van der Waals surface area contributed by atoms with Crippen molar-refractivity contribution in [3.63, 3.8) is 0 Å². The maximum atomic E-state index is 13.2. The van der Waals surface area contributed by atoms with E-state index in [9.17, 15) is 18.0 Å². The second-order valence-electron chi connectivity index (χ2n) is 13.1. The van der Waals surface area contributed by atoms with Gasteiger partial charge >= 0.3 is 0 Å². The van der Waals surface area contributed by atoms with Crippen LogP contribution in [0.3, 0.4) is 0 Å². The van der Waals surface area contributed by atoms with E-state index in [2.05, 4.69) is 13.8 Å². The molecular weight excluding hydrogens is 532 g/mol. The highest BCUT2D eigenvalue weighted by molar-refractivity contribution is 7.88. The van der Waals surface area contributed by atoms with E-state index >= 15 is 0 Å². The quantitative estimate of drug-likeness (QED) is 0.0584. The molecule has 1 unspecified atom stereocenters. The zero-order valence-corrected chi connectivity index (χ0v) is 28.7. The molecule has 0 aliphatic rings. The zero-order valence-electron chi connectivity index (χ0n) is 27.9. The first kappa shape index (κ1) is 40.2. The lowest BCUT2D eigenvalue weighted by atomic mass is 9.85. The summed E-state index contributed by atoms with van der Waals surface area (Å²) in [6.07, 6.45) is 28.1. The molecule has 0 aliphatic heterocycles. The fourth-order valence-electron chi connectivity index (χ4n) is 5.75. The lowest BCUT2D eigenvalue weighted by Crippen LogP contribution is -2.37. The molecule has 1 atom stereocenters. The van der Waals surface area contributed by atoms with Crippen LogP contribution in [0.2, 0.25) is 0 Å².